The average molecular weight is 496 g/mol. The molecule has 0 aliphatic carbocycles. The molecule has 1 unspecified atom stereocenters. The average Bonchev–Trinajstić information content (AvgIpc) is 2.67. The number of carbonyl (C=O) groups excluding carboxylic acids is 1. The maximum Gasteiger partial charge on any atom is 0.233 e. The standard InChI is InChI=1S/C18H36N6O2.HI/c1-15(13-24-8-10-26-11-9-24)12-21-18(20-3)22-16-4-6-23(7-5-16)14-17(25)19-2;/h15-16H,4-14H2,1-3H3,(H,19,25)(H2,20,21,22);1H. The lowest BCUT2D eigenvalue weighted by Crippen LogP contribution is -2.51. The fourth-order valence-corrected chi connectivity index (χ4v) is 3.47. The molecule has 158 valence electrons. The van der Waals surface area contributed by atoms with E-state index in [1.54, 1.807) is 7.05 Å². The first-order valence-corrected chi connectivity index (χ1v) is 9.81. The lowest BCUT2D eigenvalue weighted by molar-refractivity contribution is -0.122. The van der Waals surface area contributed by atoms with Crippen molar-refractivity contribution in [3.05, 3.63) is 0 Å². The molecule has 0 aromatic heterocycles. The van der Waals surface area contributed by atoms with E-state index in [1.165, 1.54) is 0 Å². The number of aliphatic imine (C=N–C) groups is 1. The van der Waals surface area contributed by atoms with Crippen LogP contribution in [0.1, 0.15) is 19.8 Å². The lowest BCUT2D eigenvalue weighted by Gasteiger charge is -2.33. The van der Waals surface area contributed by atoms with Crippen LogP contribution in [0.2, 0.25) is 0 Å². The number of halogens is 1. The Hall–Kier alpha value is -0.650. The van der Waals surface area contributed by atoms with Gasteiger partial charge in [-0.25, -0.2) is 0 Å². The fourth-order valence-electron chi connectivity index (χ4n) is 3.47. The second kappa shape index (κ2) is 13.5. The van der Waals surface area contributed by atoms with Gasteiger partial charge in [-0.2, -0.15) is 0 Å². The Morgan fingerprint density at radius 3 is 2.44 bits per heavy atom. The Morgan fingerprint density at radius 1 is 1.19 bits per heavy atom. The Labute approximate surface area is 180 Å². The minimum absolute atomic E-state index is 0. The molecule has 9 heteroatoms. The number of hydrogen-bond donors (Lipinski definition) is 3. The van der Waals surface area contributed by atoms with Gasteiger partial charge in [-0.1, -0.05) is 6.92 Å². The van der Waals surface area contributed by atoms with Gasteiger partial charge >= 0.3 is 0 Å². The van der Waals surface area contributed by atoms with Crippen LogP contribution in [0.15, 0.2) is 4.99 Å². The highest BCUT2D eigenvalue weighted by atomic mass is 127. The summed E-state index contributed by atoms with van der Waals surface area (Å²) >= 11 is 0. The molecule has 1 atom stereocenters. The van der Waals surface area contributed by atoms with E-state index < -0.39 is 0 Å². The predicted molar refractivity (Wildman–Crippen MR) is 120 cm³/mol. The van der Waals surface area contributed by atoms with Crippen LogP contribution >= 0.6 is 24.0 Å². The SMILES string of the molecule is CN=C(NCC(C)CN1CCOCC1)NC1CCN(CC(=O)NC)CC1.I. The summed E-state index contributed by atoms with van der Waals surface area (Å²) < 4.78 is 5.40. The molecule has 0 aromatic rings. The van der Waals surface area contributed by atoms with E-state index in [4.69, 9.17) is 4.74 Å². The number of nitrogens with one attached hydrogen (secondary N) is 3. The summed E-state index contributed by atoms with van der Waals surface area (Å²) in [5.41, 5.74) is 0. The smallest absolute Gasteiger partial charge is 0.233 e. The molecule has 2 heterocycles. The van der Waals surface area contributed by atoms with Crippen molar-refractivity contribution >= 4 is 35.8 Å². The predicted octanol–water partition coefficient (Wildman–Crippen LogP) is -0.0519. The summed E-state index contributed by atoms with van der Waals surface area (Å²) in [7, 11) is 3.51. The van der Waals surface area contributed by atoms with E-state index in [-0.39, 0.29) is 29.9 Å². The molecule has 8 nitrogen and oxygen atoms in total. The van der Waals surface area contributed by atoms with Crippen LogP contribution in [0.3, 0.4) is 0 Å². The highest BCUT2D eigenvalue weighted by Crippen LogP contribution is 2.10. The number of morpholine rings is 1. The number of likely N-dealkylation sites (N-methyl/N-ethyl adjacent to an activating group) is 1. The van der Waals surface area contributed by atoms with Gasteiger partial charge in [0.15, 0.2) is 5.96 Å². The molecule has 3 N–H and O–H groups in total. The molecule has 2 saturated heterocycles. The van der Waals surface area contributed by atoms with Crippen molar-refractivity contribution in [1.29, 1.82) is 0 Å². The summed E-state index contributed by atoms with van der Waals surface area (Å²) in [5.74, 6) is 1.52. The van der Waals surface area contributed by atoms with Gasteiger partial charge in [0.05, 0.1) is 19.8 Å². The molecule has 0 radical (unpaired) electrons. The second-order valence-corrected chi connectivity index (χ2v) is 7.34. The quantitative estimate of drug-likeness (QED) is 0.261. The zero-order chi connectivity index (χ0) is 18.8. The third-order valence-electron chi connectivity index (χ3n) is 5.09. The van der Waals surface area contributed by atoms with E-state index >= 15 is 0 Å². The first-order valence-electron chi connectivity index (χ1n) is 9.81. The van der Waals surface area contributed by atoms with Crippen molar-refractivity contribution in [2.24, 2.45) is 10.9 Å². The molecular formula is C18H37IN6O2. The molecular weight excluding hydrogens is 459 g/mol. The molecule has 0 aromatic carbocycles. The van der Waals surface area contributed by atoms with E-state index in [0.717, 1.165) is 71.3 Å². The zero-order valence-corrected chi connectivity index (χ0v) is 19.3. The Kier molecular flexibility index (Phi) is 12.2. The van der Waals surface area contributed by atoms with Crippen molar-refractivity contribution in [2.75, 3.05) is 73.1 Å². The largest absolute Gasteiger partial charge is 0.379 e. The topological polar surface area (TPSA) is 81.2 Å². The van der Waals surface area contributed by atoms with Crippen molar-refractivity contribution in [3.63, 3.8) is 0 Å². The van der Waals surface area contributed by atoms with Crippen LogP contribution in [0, 0.1) is 5.92 Å². The second-order valence-electron chi connectivity index (χ2n) is 7.34. The van der Waals surface area contributed by atoms with Gasteiger partial charge in [0.25, 0.3) is 0 Å². The fraction of sp³-hybridized carbons (Fsp3) is 0.889. The van der Waals surface area contributed by atoms with Crippen molar-refractivity contribution < 1.29 is 9.53 Å². The maximum absolute atomic E-state index is 11.5. The number of carbonyl (C=O) groups is 1. The van der Waals surface area contributed by atoms with Gasteiger partial charge in [0.2, 0.25) is 5.91 Å². The van der Waals surface area contributed by atoms with Crippen LogP contribution in [0.4, 0.5) is 0 Å². The van der Waals surface area contributed by atoms with Crippen LogP contribution in [0.5, 0.6) is 0 Å². The number of likely N-dealkylation sites (tertiary alicyclic amines) is 1. The third kappa shape index (κ3) is 9.40. The van der Waals surface area contributed by atoms with Crippen LogP contribution in [-0.2, 0) is 9.53 Å². The lowest BCUT2D eigenvalue weighted by atomic mass is 10.1. The highest BCUT2D eigenvalue weighted by Gasteiger charge is 2.21. The normalized spacial score (nSPS) is 21.2. The summed E-state index contributed by atoms with van der Waals surface area (Å²) in [5, 5.41) is 9.68. The van der Waals surface area contributed by atoms with E-state index in [2.05, 4.69) is 37.7 Å². The number of rotatable bonds is 7. The molecule has 0 spiro atoms. The zero-order valence-electron chi connectivity index (χ0n) is 17.0. The minimum Gasteiger partial charge on any atom is -0.379 e. The monoisotopic (exact) mass is 496 g/mol. The number of nitrogens with zero attached hydrogens (tertiary/aromatic N) is 3. The molecule has 0 saturated carbocycles. The van der Waals surface area contributed by atoms with Crippen LogP contribution < -0.4 is 16.0 Å². The molecule has 2 aliphatic rings. The molecule has 2 rings (SSSR count). The van der Waals surface area contributed by atoms with Crippen LogP contribution in [0.25, 0.3) is 0 Å². The number of guanidine groups is 1. The van der Waals surface area contributed by atoms with Gasteiger partial charge in [-0.3, -0.25) is 19.6 Å². The Bertz CT molecular complexity index is 451. The highest BCUT2D eigenvalue weighted by molar-refractivity contribution is 14.0. The van der Waals surface area contributed by atoms with Gasteiger partial charge in [0, 0.05) is 59.4 Å². The van der Waals surface area contributed by atoms with Gasteiger partial charge in [-0.05, 0) is 18.8 Å². The number of amides is 1. The molecule has 2 fully saturated rings. The molecule has 0 bridgehead atoms. The van der Waals surface area contributed by atoms with Gasteiger partial charge in [0.1, 0.15) is 0 Å². The third-order valence-corrected chi connectivity index (χ3v) is 5.09. The van der Waals surface area contributed by atoms with E-state index in [1.807, 2.05) is 7.05 Å². The van der Waals surface area contributed by atoms with Crippen molar-refractivity contribution in [2.45, 2.75) is 25.8 Å². The summed E-state index contributed by atoms with van der Waals surface area (Å²) in [6, 6.07) is 0.414. The van der Waals surface area contributed by atoms with Gasteiger partial charge in [-0.15, -0.1) is 24.0 Å². The molecule has 27 heavy (non-hydrogen) atoms. The summed E-state index contributed by atoms with van der Waals surface area (Å²) in [4.78, 5) is 20.5. The molecule has 2 aliphatic heterocycles. The number of hydrogen-bond acceptors (Lipinski definition) is 5. The summed E-state index contributed by atoms with van der Waals surface area (Å²) in [6.45, 7) is 10.4. The number of ether oxygens (including phenoxy) is 1. The van der Waals surface area contributed by atoms with Crippen molar-refractivity contribution in [3.8, 4) is 0 Å². The first kappa shape index (κ1) is 24.4. The van der Waals surface area contributed by atoms with E-state index in [0.29, 0.717) is 18.5 Å². The Balaban J connectivity index is 0.00000364. The molecule has 1 amide bonds. The summed E-state index contributed by atoms with van der Waals surface area (Å²) in [6.07, 6.45) is 2.06. The minimum atomic E-state index is 0. The van der Waals surface area contributed by atoms with Crippen molar-refractivity contribution in [1.82, 2.24) is 25.8 Å². The van der Waals surface area contributed by atoms with E-state index in [9.17, 15) is 4.79 Å². The first-order chi connectivity index (χ1) is 12.6. The number of piperidine rings is 1. The Morgan fingerprint density at radius 2 is 1.85 bits per heavy atom. The van der Waals surface area contributed by atoms with Gasteiger partial charge < -0.3 is 20.7 Å². The maximum atomic E-state index is 11.5. The van der Waals surface area contributed by atoms with Crippen LogP contribution in [-0.4, -0.2) is 101 Å².